The first kappa shape index (κ1) is 10.9. The number of carbonyl (C=O) groups is 1. The molecule has 1 atom stereocenters. The van der Waals surface area contributed by atoms with Gasteiger partial charge in [0.05, 0.1) is 12.5 Å². The Bertz CT molecular complexity index is 200. The molecular weight excluding hydrogens is 156 g/mol. The first-order valence-corrected chi connectivity index (χ1v) is 3.74. The standard InChI is InChI=1S/C8H14N2O2/c1-8(2,3)10-7(12)4-6(11)5-9/h6,11H,4H2,1-3H3,(H,10,12). The largest absolute Gasteiger partial charge is 0.378 e. The Balaban J connectivity index is 3.85. The van der Waals surface area contributed by atoms with E-state index in [1.807, 2.05) is 20.8 Å². The molecule has 0 radical (unpaired) electrons. The van der Waals surface area contributed by atoms with Crippen LogP contribution in [0, 0.1) is 11.3 Å². The Hall–Kier alpha value is -1.08. The minimum atomic E-state index is -1.20. The zero-order valence-electron chi connectivity index (χ0n) is 7.59. The minimum Gasteiger partial charge on any atom is -0.378 e. The van der Waals surface area contributed by atoms with Crippen LogP contribution >= 0.6 is 0 Å². The Morgan fingerprint density at radius 3 is 2.50 bits per heavy atom. The van der Waals surface area contributed by atoms with Crippen LogP contribution in [0.2, 0.25) is 0 Å². The lowest BCUT2D eigenvalue weighted by atomic mass is 10.1. The Kier molecular flexibility index (Phi) is 3.71. The average molecular weight is 170 g/mol. The highest BCUT2D eigenvalue weighted by Gasteiger charge is 2.16. The summed E-state index contributed by atoms with van der Waals surface area (Å²) in [5.41, 5.74) is -0.313. The quantitative estimate of drug-likeness (QED) is 0.580. The third-order valence-electron chi connectivity index (χ3n) is 1.04. The van der Waals surface area contributed by atoms with Gasteiger partial charge in [0, 0.05) is 5.54 Å². The van der Waals surface area contributed by atoms with Crippen LogP contribution < -0.4 is 5.32 Å². The van der Waals surface area contributed by atoms with E-state index in [-0.39, 0.29) is 17.9 Å². The molecule has 0 aliphatic carbocycles. The molecule has 1 amide bonds. The van der Waals surface area contributed by atoms with Crippen molar-refractivity contribution in [1.29, 1.82) is 5.26 Å². The molecule has 0 aromatic carbocycles. The molecule has 12 heavy (non-hydrogen) atoms. The number of aliphatic hydroxyl groups is 1. The third-order valence-corrected chi connectivity index (χ3v) is 1.04. The molecule has 4 nitrogen and oxygen atoms in total. The Morgan fingerprint density at radius 1 is 1.67 bits per heavy atom. The van der Waals surface area contributed by atoms with E-state index < -0.39 is 6.10 Å². The summed E-state index contributed by atoms with van der Waals surface area (Å²) in [6.45, 7) is 5.51. The van der Waals surface area contributed by atoms with Crippen molar-refractivity contribution in [1.82, 2.24) is 5.32 Å². The molecule has 0 bridgehead atoms. The zero-order chi connectivity index (χ0) is 9.78. The van der Waals surface area contributed by atoms with E-state index in [9.17, 15) is 4.79 Å². The Labute approximate surface area is 72.2 Å². The molecule has 1 unspecified atom stereocenters. The van der Waals surface area contributed by atoms with Gasteiger partial charge in [-0.15, -0.1) is 0 Å². The van der Waals surface area contributed by atoms with E-state index in [1.54, 1.807) is 6.07 Å². The Morgan fingerprint density at radius 2 is 2.17 bits per heavy atom. The third kappa shape index (κ3) is 5.69. The van der Waals surface area contributed by atoms with Crippen molar-refractivity contribution >= 4 is 5.91 Å². The second-order valence-corrected chi connectivity index (χ2v) is 3.65. The van der Waals surface area contributed by atoms with Gasteiger partial charge in [0.15, 0.2) is 0 Å². The molecule has 0 aliphatic heterocycles. The van der Waals surface area contributed by atoms with Gasteiger partial charge in [0.2, 0.25) is 5.91 Å². The van der Waals surface area contributed by atoms with Crippen molar-refractivity contribution in [2.75, 3.05) is 0 Å². The maximum Gasteiger partial charge on any atom is 0.224 e. The second-order valence-electron chi connectivity index (χ2n) is 3.65. The molecule has 0 aromatic heterocycles. The maximum absolute atomic E-state index is 11.0. The fraction of sp³-hybridized carbons (Fsp3) is 0.750. The number of rotatable bonds is 2. The van der Waals surface area contributed by atoms with E-state index in [2.05, 4.69) is 5.32 Å². The highest BCUT2D eigenvalue weighted by molar-refractivity contribution is 5.77. The van der Waals surface area contributed by atoms with Crippen molar-refractivity contribution in [3.05, 3.63) is 0 Å². The topological polar surface area (TPSA) is 73.1 Å². The van der Waals surface area contributed by atoms with Crippen LogP contribution in [-0.2, 0) is 4.79 Å². The van der Waals surface area contributed by atoms with Crippen LogP contribution in [0.3, 0.4) is 0 Å². The summed E-state index contributed by atoms with van der Waals surface area (Å²) in [5.74, 6) is -0.309. The van der Waals surface area contributed by atoms with Crippen molar-refractivity contribution in [2.24, 2.45) is 0 Å². The van der Waals surface area contributed by atoms with Crippen LogP contribution in [0.4, 0.5) is 0 Å². The number of nitriles is 1. The van der Waals surface area contributed by atoms with Gasteiger partial charge in [0.1, 0.15) is 6.10 Å². The van der Waals surface area contributed by atoms with Crippen LogP contribution in [0.25, 0.3) is 0 Å². The SMILES string of the molecule is CC(C)(C)NC(=O)CC(O)C#N. The molecule has 0 saturated heterocycles. The number of nitrogens with one attached hydrogen (secondary N) is 1. The molecule has 0 spiro atoms. The van der Waals surface area contributed by atoms with Gasteiger partial charge >= 0.3 is 0 Å². The first-order valence-electron chi connectivity index (χ1n) is 3.74. The van der Waals surface area contributed by atoms with Crippen LogP contribution in [0.15, 0.2) is 0 Å². The molecule has 4 heteroatoms. The van der Waals surface area contributed by atoms with E-state index in [0.29, 0.717) is 0 Å². The van der Waals surface area contributed by atoms with Crippen molar-refractivity contribution in [3.63, 3.8) is 0 Å². The van der Waals surface area contributed by atoms with E-state index in [4.69, 9.17) is 10.4 Å². The fourth-order valence-corrected chi connectivity index (χ4v) is 0.691. The summed E-state index contributed by atoms with van der Waals surface area (Å²) in [7, 11) is 0. The maximum atomic E-state index is 11.0. The van der Waals surface area contributed by atoms with Gasteiger partial charge in [-0.1, -0.05) is 0 Å². The lowest BCUT2D eigenvalue weighted by molar-refractivity contribution is -0.123. The average Bonchev–Trinajstić information content (AvgIpc) is 1.82. The molecule has 0 fully saturated rings. The van der Waals surface area contributed by atoms with E-state index >= 15 is 0 Å². The molecule has 2 N–H and O–H groups in total. The molecular formula is C8H14N2O2. The number of carbonyl (C=O) groups excluding carboxylic acids is 1. The number of aliphatic hydroxyl groups excluding tert-OH is 1. The molecule has 0 saturated carbocycles. The molecule has 0 aromatic rings. The second kappa shape index (κ2) is 4.07. The summed E-state index contributed by atoms with van der Waals surface area (Å²) in [4.78, 5) is 11.0. The fourth-order valence-electron chi connectivity index (χ4n) is 0.691. The van der Waals surface area contributed by atoms with Gasteiger partial charge in [0.25, 0.3) is 0 Å². The first-order chi connectivity index (χ1) is 5.35. The predicted molar refractivity (Wildman–Crippen MR) is 44.1 cm³/mol. The van der Waals surface area contributed by atoms with Crippen molar-refractivity contribution in [3.8, 4) is 6.07 Å². The molecule has 0 rings (SSSR count). The smallest absolute Gasteiger partial charge is 0.224 e. The van der Waals surface area contributed by atoms with Gasteiger partial charge in [-0.25, -0.2) is 0 Å². The van der Waals surface area contributed by atoms with Crippen LogP contribution in [-0.4, -0.2) is 22.7 Å². The summed E-state index contributed by atoms with van der Waals surface area (Å²) in [5, 5.41) is 19.6. The number of amides is 1. The molecule has 68 valence electrons. The van der Waals surface area contributed by atoms with Crippen molar-refractivity contribution < 1.29 is 9.90 Å². The number of hydrogen-bond donors (Lipinski definition) is 2. The normalized spacial score (nSPS) is 13.2. The van der Waals surface area contributed by atoms with E-state index in [0.717, 1.165) is 0 Å². The molecule has 0 heterocycles. The van der Waals surface area contributed by atoms with Gasteiger partial charge in [-0.2, -0.15) is 5.26 Å². The zero-order valence-corrected chi connectivity index (χ0v) is 7.59. The lowest BCUT2D eigenvalue weighted by Gasteiger charge is -2.20. The van der Waals surface area contributed by atoms with E-state index in [1.165, 1.54) is 0 Å². The minimum absolute atomic E-state index is 0.159. The summed E-state index contributed by atoms with van der Waals surface area (Å²) in [6, 6.07) is 1.58. The van der Waals surface area contributed by atoms with Crippen molar-refractivity contribution in [2.45, 2.75) is 38.8 Å². The predicted octanol–water partition coefficient (Wildman–Crippen LogP) is 0.176. The monoisotopic (exact) mass is 170 g/mol. The lowest BCUT2D eigenvalue weighted by Crippen LogP contribution is -2.41. The van der Waals surface area contributed by atoms with Gasteiger partial charge in [-0.05, 0) is 20.8 Å². The highest BCUT2D eigenvalue weighted by atomic mass is 16.3. The molecule has 0 aliphatic rings. The van der Waals surface area contributed by atoms with Crippen LogP contribution in [0.1, 0.15) is 27.2 Å². The number of nitrogens with zero attached hydrogens (tertiary/aromatic N) is 1. The number of hydrogen-bond acceptors (Lipinski definition) is 3. The summed E-state index contributed by atoms with van der Waals surface area (Å²) >= 11 is 0. The summed E-state index contributed by atoms with van der Waals surface area (Å²) in [6.07, 6.45) is -1.36. The van der Waals surface area contributed by atoms with Crippen LogP contribution in [0.5, 0.6) is 0 Å². The summed E-state index contributed by atoms with van der Waals surface area (Å²) < 4.78 is 0. The van der Waals surface area contributed by atoms with Gasteiger partial charge < -0.3 is 10.4 Å². The van der Waals surface area contributed by atoms with Gasteiger partial charge in [-0.3, -0.25) is 4.79 Å². The highest BCUT2D eigenvalue weighted by Crippen LogP contribution is 2.00.